The van der Waals surface area contributed by atoms with Crippen LogP contribution >= 0.6 is 0 Å². The first kappa shape index (κ1) is 11.9. The molecule has 0 unspecified atom stereocenters. The van der Waals surface area contributed by atoms with Crippen LogP contribution in [0.1, 0.15) is 40.7 Å². The molecule has 1 aromatic carbocycles. The molecule has 0 fully saturated rings. The predicted molar refractivity (Wildman–Crippen MR) is 69.7 cm³/mol. The Morgan fingerprint density at radius 2 is 2.16 bits per heavy atom. The topological polar surface area (TPSA) is 68.0 Å². The summed E-state index contributed by atoms with van der Waals surface area (Å²) in [7, 11) is 0. The molecule has 0 saturated heterocycles. The van der Waals surface area contributed by atoms with Gasteiger partial charge in [0.1, 0.15) is 0 Å². The van der Waals surface area contributed by atoms with Gasteiger partial charge in [0.05, 0.1) is 11.4 Å². The number of aromatic nitrogens is 3. The zero-order valence-electron chi connectivity index (χ0n) is 10.8. The third-order valence-corrected chi connectivity index (χ3v) is 3.63. The summed E-state index contributed by atoms with van der Waals surface area (Å²) in [5.41, 5.74) is 4.32. The average Bonchev–Trinajstić information content (AvgIpc) is 3.03. The fraction of sp³-hybridized carbons (Fsp3) is 0.357. The minimum atomic E-state index is -1.02. The van der Waals surface area contributed by atoms with E-state index in [2.05, 4.69) is 22.4 Å². The number of hydrogen-bond acceptors (Lipinski definition) is 3. The van der Waals surface area contributed by atoms with E-state index in [1.807, 2.05) is 13.0 Å². The molecule has 0 radical (unpaired) electrons. The van der Waals surface area contributed by atoms with Crippen molar-refractivity contribution in [2.24, 2.45) is 0 Å². The Kier molecular flexibility index (Phi) is 2.81. The van der Waals surface area contributed by atoms with Gasteiger partial charge in [-0.3, -0.25) is 0 Å². The molecule has 1 aliphatic carbocycles. The van der Waals surface area contributed by atoms with Gasteiger partial charge in [-0.15, -0.1) is 5.10 Å². The summed E-state index contributed by atoms with van der Waals surface area (Å²) in [4.78, 5) is 11.1. The molecule has 0 aliphatic heterocycles. The first-order valence-electron chi connectivity index (χ1n) is 6.50. The first-order chi connectivity index (χ1) is 9.20. The quantitative estimate of drug-likeness (QED) is 0.913. The van der Waals surface area contributed by atoms with Crippen LogP contribution in [0.2, 0.25) is 0 Å². The van der Waals surface area contributed by atoms with Crippen LogP contribution in [0.3, 0.4) is 0 Å². The number of carboxylic acids is 1. The highest BCUT2D eigenvalue weighted by atomic mass is 16.4. The molecule has 0 bridgehead atoms. The van der Waals surface area contributed by atoms with Gasteiger partial charge in [0, 0.05) is 0 Å². The standard InChI is InChI=1S/C14H15N3O2/c1-2-12-13(14(18)19)15-16-17(12)11-7-6-9-4-3-5-10(9)8-11/h6-8H,2-5H2,1H3,(H,18,19). The number of aromatic carboxylic acids is 1. The fourth-order valence-corrected chi connectivity index (χ4v) is 2.68. The number of rotatable bonds is 3. The normalized spacial score (nSPS) is 13.5. The van der Waals surface area contributed by atoms with Crippen molar-refractivity contribution in [3.8, 4) is 5.69 Å². The summed E-state index contributed by atoms with van der Waals surface area (Å²) in [6.45, 7) is 1.91. The number of nitrogens with zero attached hydrogens (tertiary/aromatic N) is 3. The summed E-state index contributed by atoms with van der Waals surface area (Å²) in [6, 6.07) is 6.20. The van der Waals surface area contributed by atoms with E-state index in [0.717, 1.165) is 18.5 Å². The van der Waals surface area contributed by atoms with Crippen molar-refractivity contribution in [2.45, 2.75) is 32.6 Å². The lowest BCUT2D eigenvalue weighted by atomic mass is 10.1. The highest BCUT2D eigenvalue weighted by Crippen LogP contribution is 2.25. The highest BCUT2D eigenvalue weighted by molar-refractivity contribution is 5.86. The maximum atomic E-state index is 11.1. The van der Waals surface area contributed by atoms with Gasteiger partial charge in [-0.1, -0.05) is 18.2 Å². The molecule has 0 saturated carbocycles. The lowest BCUT2D eigenvalue weighted by Gasteiger charge is -2.07. The van der Waals surface area contributed by atoms with E-state index in [1.165, 1.54) is 17.5 Å². The van der Waals surface area contributed by atoms with E-state index < -0.39 is 5.97 Å². The monoisotopic (exact) mass is 257 g/mol. The molecule has 2 aromatic rings. The van der Waals surface area contributed by atoms with E-state index in [-0.39, 0.29) is 5.69 Å². The van der Waals surface area contributed by atoms with Crippen molar-refractivity contribution < 1.29 is 9.90 Å². The van der Waals surface area contributed by atoms with Gasteiger partial charge in [0.15, 0.2) is 5.69 Å². The average molecular weight is 257 g/mol. The van der Waals surface area contributed by atoms with Crippen molar-refractivity contribution in [1.29, 1.82) is 0 Å². The van der Waals surface area contributed by atoms with Crippen molar-refractivity contribution >= 4 is 5.97 Å². The second-order valence-corrected chi connectivity index (χ2v) is 4.76. The van der Waals surface area contributed by atoms with Crippen LogP contribution in [0.4, 0.5) is 0 Å². The van der Waals surface area contributed by atoms with E-state index >= 15 is 0 Å². The Morgan fingerprint density at radius 3 is 2.89 bits per heavy atom. The molecular weight excluding hydrogens is 242 g/mol. The molecule has 0 spiro atoms. The van der Waals surface area contributed by atoms with Crippen LogP contribution in [0.5, 0.6) is 0 Å². The van der Waals surface area contributed by atoms with Crippen LogP contribution in [-0.2, 0) is 19.3 Å². The Labute approximate surface area is 110 Å². The minimum absolute atomic E-state index is 0.0444. The lowest BCUT2D eigenvalue weighted by Crippen LogP contribution is -2.06. The van der Waals surface area contributed by atoms with Crippen LogP contribution in [0.25, 0.3) is 5.69 Å². The SMILES string of the molecule is CCc1c(C(=O)O)nnn1-c1ccc2c(c1)CCC2. The van der Waals surface area contributed by atoms with Gasteiger partial charge in [-0.05, 0) is 48.9 Å². The number of carboxylic acid groups (broad SMARTS) is 1. The number of hydrogen-bond donors (Lipinski definition) is 1. The lowest BCUT2D eigenvalue weighted by molar-refractivity contribution is 0.0689. The van der Waals surface area contributed by atoms with Gasteiger partial charge in [-0.2, -0.15) is 0 Å². The number of fused-ring (bicyclic) bond motifs is 1. The molecule has 1 aromatic heterocycles. The summed E-state index contributed by atoms with van der Waals surface area (Å²) in [6.07, 6.45) is 4.00. The molecule has 5 nitrogen and oxygen atoms in total. The molecule has 19 heavy (non-hydrogen) atoms. The molecule has 98 valence electrons. The van der Waals surface area contributed by atoms with E-state index in [1.54, 1.807) is 4.68 Å². The molecular formula is C14H15N3O2. The second kappa shape index (κ2) is 4.50. The van der Waals surface area contributed by atoms with Crippen LogP contribution < -0.4 is 0 Å². The minimum Gasteiger partial charge on any atom is -0.476 e. The fourth-order valence-electron chi connectivity index (χ4n) is 2.68. The van der Waals surface area contributed by atoms with Gasteiger partial charge in [0.2, 0.25) is 0 Å². The van der Waals surface area contributed by atoms with E-state index in [9.17, 15) is 4.79 Å². The summed E-state index contributed by atoms with van der Waals surface area (Å²) in [5.74, 6) is -1.02. The van der Waals surface area contributed by atoms with Crippen LogP contribution in [0, 0.1) is 0 Å². The molecule has 1 N–H and O–H groups in total. The summed E-state index contributed by atoms with van der Waals surface area (Å²) < 4.78 is 1.64. The molecule has 3 rings (SSSR count). The molecule has 5 heteroatoms. The van der Waals surface area contributed by atoms with Gasteiger partial charge >= 0.3 is 5.97 Å². The summed E-state index contributed by atoms with van der Waals surface area (Å²) in [5, 5.41) is 16.9. The Bertz CT molecular complexity index is 646. The molecule has 0 amide bonds. The van der Waals surface area contributed by atoms with Gasteiger partial charge in [0.25, 0.3) is 0 Å². The van der Waals surface area contributed by atoms with Gasteiger partial charge < -0.3 is 5.11 Å². The zero-order valence-corrected chi connectivity index (χ0v) is 10.8. The predicted octanol–water partition coefficient (Wildman–Crippen LogP) is 2.02. The van der Waals surface area contributed by atoms with Crippen LogP contribution in [-0.4, -0.2) is 26.1 Å². The number of carbonyl (C=O) groups is 1. The van der Waals surface area contributed by atoms with Crippen LogP contribution in [0.15, 0.2) is 18.2 Å². The summed E-state index contributed by atoms with van der Waals surface area (Å²) >= 11 is 0. The molecule has 1 heterocycles. The van der Waals surface area contributed by atoms with Crippen molar-refractivity contribution in [1.82, 2.24) is 15.0 Å². The first-order valence-corrected chi connectivity index (χ1v) is 6.50. The highest BCUT2D eigenvalue weighted by Gasteiger charge is 2.19. The molecule has 0 atom stereocenters. The smallest absolute Gasteiger partial charge is 0.358 e. The van der Waals surface area contributed by atoms with Gasteiger partial charge in [-0.25, -0.2) is 9.48 Å². The largest absolute Gasteiger partial charge is 0.476 e. The van der Waals surface area contributed by atoms with E-state index in [0.29, 0.717) is 12.1 Å². The van der Waals surface area contributed by atoms with E-state index in [4.69, 9.17) is 5.11 Å². The number of benzene rings is 1. The van der Waals surface area contributed by atoms with Crippen molar-refractivity contribution in [3.63, 3.8) is 0 Å². The Hall–Kier alpha value is -2.17. The third kappa shape index (κ3) is 1.91. The Balaban J connectivity index is 2.09. The maximum absolute atomic E-state index is 11.1. The maximum Gasteiger partial charge on any atom is 0.358 e. The zero-order chi connectivity index (χ0) is 13.4. The Morgan fingerprint density at radius 1 is 1.37 bits per heavy atom. The second-order valence-electron chi connectivity index (χ2n) is 4.76. The third-order valence-electron chi connectivity index (χ3n) is 3.63. The number of aryl methyl sites for hydroxylation is 2. The van der Waals surface area contributed by atoms with Crippen molar-refractivity contribution in [3.05, 3.63) is 40.7 Å². The van der Waals surface area contributed by atoms with Crippen molar-refractivity contribution in [2.75, 3.05) is 0 Å². The molecule has 1 aliphatic rings.